The molecule has 0 aliphatic carbocycles. The Hall–Kier alpha value is -2.67. The lowest BCUT2D eigenvalue weighted by atomic mass is 9.89. The van der Waals surface area contributed by atoms with Crippen molar-refractivity contribution < 1.29 is 9.72 Å². The number of amides is 1. The van der Waals surface area contributed by atoms with Crippen molar-refractivity contribution in [2.75, 3.05) is 10.8 Å². The summed E-state index contributed by atoms with van der Waals surface area (Å²) in [7, 11) is 0. The van der Waals surface area contributed by atoms with E-state index < -0.39 is 4.92 Å². The van der Waals surface area contributed by atoms with Crippen LogP contribution in [0.15, 0.2) is 58.5 Å². The monoisotopic (exact) mass is 353 g/mol. The number of thioether (sulfide) groups is 1. The van der Waals surface area contributed by atoms with Crippen molar-refractivity contribution >= 4 is 34.8 Å². The van der Waals surface area contributed by atoms with Crippen molar-refractivity contribution in [1.82, 2.24) is 0 Å². The number of hydrogen-bond acceptors (Lipinski definition) is 5. The van der Waals surface area contributed by atoms with Gasteiger partial charge in [-0.25, -0.2) is 5.01 Å². The van der Waals surface area contributed by atoms with Gasteiger partial charge in [-0.15, -0.1) is 11.8 Å². The average Bonchev–Trinajstić information content (AvgIpc) is 2.80. The number of para-hydroxylation sites is 1. The van der Waals surface area contributed by atoms with Crippen LogP contribution in [-0.2, 0) is 4.79 Å². The van der Waals surface area contributed by atoms with Crippen LogP contribution in [0.1, 0.15) is 18.4 Å². The Morgan fingerprint density at radius 3 is 2.76 bits per heavy atom. The first kappa shape index (κ1) is 15.8. The predicted octanol–water partition coefficient (Wildman–Crippen LogP) is 3.85. The lowest BCUT2D eigenvalue weighted by molar-refractivity contribution is -0.384. The highest BCUT2D eigenvalue weighted by Gasteiger charge is 2.34. The Morgan fingerprint density at radius 1 is 1.20 bits per heavy atom. The molecule has 126 valence electrons. The lowest BCUT2D eigenvalue weighted by Crippen LogP contribution is -2.37. The van der Waals surface area contributed by atoms with Gasteiger partial charge in [-0.05, 0) is 30.4 Å². The number of hydrazone groups is 1. The van der Waals surface area contributed by atoms with Crippen molar-refractivity contribution in [2.24, 2.45) is 11.0 Å². The van der Waals surface area contributed by atoms with E-state index in [1.54, 1.807) is 23.9 Å². The molecule has 2 heterocycles. The van der Waals surface area contributed by atoms with Gasteiger partial charge in [0.15, 0.2) is 0 Å². The van der Waals surface area contributed by atoms with Crippen molar-refractivity contribution in [3.05, 3.63) is 64.2 Å². The molecule has 2 aromatic rings. The Kier molecular flexibility index (Phi) is 4.01. The highest BCUT2D eigenvalue weighted by atomic mass is 32.2. The summed E-state index contributed by atoms with van der Waals surface area (Å²) in [6.07, 6.45) is 1.21. The van der Waals surface area contributed by atoms with Gasteiger partial charge < -0.3 is 0 Å². The van der Waals surface area contributed by atoms with Crippen LogP contribution in [0.2, 0.25) is 0 Å². The second-order valence-corrected chi connectivity index (χ2v) is 7.14. The number of benzene rings is 2. The fourth-order valence-electron chi connectivity index (χ4n) is 3.19. The Labute approximate surface area is 148 Å². The smallest absolute Gasteiger partial charge is 0.270 e. The molecule has 0 N–H and O–H groups in total. The summed E-state index contributed by atoms with van der Waals surface area (Å²) in [5.74, 6) is 0.828. The zero-order valence-electron chi connectivity index (χ0n) is 13.3. The maximum Gasteiger partial charge on any atom is 0.270 e. The summed E-state index contributed by atoms with van der Waals surface area (Å²) in [4.78, 5) is 24.3. The molecule has 7 heteroatoms. The van der Waals surface area contributed by atoms with Gasteiger partial charge >= 0.3 is 0 Å². The van der Waals surface area contributed by atoms with Crippen LogP contribution in [0.25, 0.3) is 0 Å². The van der Waals surface area contributed by atoms with E-state index in [1.807, 2.05) is 30.3 Å². The molecule has 1 atom stereocenters. The Balaban J connectivity index is 1.85. The SMILES string of the molecule is O=C1CC2CCSc3ccc([N+](=O)[O-])cc3C2=NN1c1ccccc1. The lowest BCUT2D eigenvalue weighted by Gasteiger charge is -2.28. The van der Waals surface area contributed by atoms with Gasteiger partial charge in [0, 0.05) is 34.9 Å². The number of nitrogens with zero attached hydrogens (tertiary/aromatic N) is 3. The molecule has 0 bridgehead atoms. The quantitative estimate of drug-likeness (QED) is 0.607. The summed E-state index contributed by atoms with van der Waals surface area (Å²) < 4.78 is 0. The molecule has 0 saturated heterocycles. The second-order valence-electron chi connectivity index (χ2n) is 6.00. The summed E-state index contributed by atoms with van der Waals surface area (Å²) in [5, 5.41) is 17.2. The number of carbonyl (C=O) groups is 1. The molecule has 2 aliphatic heterocycles. The van der Waals surface area contributed by atoms with Gasteiger partial charge in [0.1, 0.15) is 0 Å². The zero-order chi connectivity index (χ0) is 17.4. The van der Waals surface area contributed by atoms with E-state index in [-0.39, 0.29) is 17.5 Å². The fraction of sp³-hybridized carbons (Fsp3) is 0.222. The molecule has 0 saturated carbocycles. The van der Waals surface area contributed by atoms with Gasteiger partial charge in [-0.3, -0.25) is 14.9 Å². The van der Waals surface area contributed by atoms with Crippen LogP contribution >= 0.6 is 11.8 Å². The number of carbonyl (C=O) groups excluding carboxylic acids is 1. The molecule has 1 amide bonds. The maximum atomic E-state index is 12.6. The molecule has 4 rings (SSSR count). The van der Waals surface area contributed by atoms with Gasteiger partial charge in [-0.1, -0.05) is 18.2 Å². The van der Waals surface area contributed by atoms with Crippen LogP contribution in [0.3, 0.4) is 0 Å². The van der Waals surface area contributed by atoms with Crippen molar-refractivity contribution in [2.45, 2.75) is 17.7 Å². The van der Waals surface area contributed by atoms with Crippen LogP contribution in [0.5, 0.6) is 0 Å². The number of anilines is 1. The van der Waals surface area contributed by atoms with Gasteiger partial charge in [0.25, 0.3) is 5.69 Å². The van der Waals surface area contributed by atoms with Gasteiger partial charge in [0.2, 0.25) is 5.91 Å². The fourth-order valence-corrected chi connectivity index (χ4v) is 4.30. The first-order valence-corrected chi connectivity index (χ1v) is 9.00. The molecule has 0 radical (unpaired) electrons. The number of fused-ring (bicyclic) bond motifs is 3. The molecule has 1 unspecified atom stereocenters. The maximum absolute atomic E-state index is 12.6. The topological polar surface area (TPSA) is 75.8 Å². The minimum atomic E-state index is -0.394. The third-order valence-corrected chi connectivity index (χ3v) is 5.53. The molecular weight excluding hydrogens is 338 g/mol. The third kappa shape index (κ3) is 2.91. The molecular formula is C18H15N3O3S. The molecule has 6 nitrogen and oxygen atoms in total. The first-order valence-electron chi connectivity index (χ1n) is 8.01. The second kappa shape index (κ2) is 6.33. The Bertz CT molecular complexity index is 882. The van der Waals surface area contributed by atoms with E-state index >= 15 is 0 Å². The minimum Gasteiger partial charge on any atom is -0.273 e. The molecule has 0 fully saturated rings. The molecule has 2 aromatic carbocycles. The normalized spacial score (nSPS) is 19.5. The predicted molar refractivity (Wildman–Crippen MR) is 97.0 cm³/mol. The highest BCUT2D eigenvalue weighted by Crippen LogP contribution is 2.37. The number of non-ortho nitro benzene ring substituents is 1. The van der Waals surface area contributed by atoms with E-state index in [0.717, 1.165) is 28.3 Å². The van der Waals surface area contributed by atoms with Crippen molar-refractivity contribution in [3.8, 4) is 0 Å². The van der Waals surface area contributed by atoms with E-state index in [2.05, 4.69) is 5.10 Å². The van der Waals surface area contributed by atoms with Crippen molar-refractivity contribution in [1.29, 1.82) is 0 Å². The van der Waals surface area contributed by atoms with E-state index in [9.17, 15) is 14.9 Å². The van der Waals surface area contributed by atoms with Crippen molar-refractivity contribution in [3.63, 3.8) is 0 Å². The summed E-state index contributed by atoms with van der Waals surface area (Å²) in [6, 6.07) is 14.2. The van der Waals surface area contributed by atoms with Crippen LogP contribution in [0, 0.1) is 16.0 Å². The number of nitro benzene ring substituents is 1. The van der Waals surface area contributed by atoms with Crippen LogP contribution in [-0.4, -0.2) is 22.3 Å². The van der Waals surface area contributed by atoms with Gasteiger partial charge in [0.05, 0.1) is 16.3 Å². The van der Waals surface area contributed by atoms with Gasteiger partial charge in [-0.2, -0.15) is 5.10 Å². The molecule has 25 heavy (non-hydrogen) atoms. The summed E-state index contributed by atoms with van der Waals surface area (Å²) >= 11 is 1.66. The van der Waals surface area contributed by atoms with E-state index in [1.165, 1.54) is 11.1 Å². The summed E-state index contributed by atoms with van der Waals surface area (Å²) in [5.41, 5.74) is 2.30. The zero-order valence-corrected chi connectivity index (χ0v) is 14.1. The minimum absolute atomic E-state index is 0.00298. The summed E-state index contributed by atoms with van der Waals surface area (Å²) in [6.45, 7) is 0. The molecule has 0 spiro atoms. The van der Waals surface area contributed by atoms with E-state index in [4.69, 9.17) is 0 Å². The average molecular weight is 353 g/mol. The highest BCUT2D eigenvalue weighted by molar-refractivity contribution is 7.99. The standard InChI is InChI=1S/C18H15N3O3S/c22-17-10-12-8-9-25-16-7-6-14(21(23)24)11-15(16)18(12)19-20(17)13-4-2-1-3-5-13/h1-7,11-12H,8-10H2. The largest absolute Gasteiger partial charge is 0.273 e. The third-order valence-electron chi connectivity index (χ3n) is 4.43. The van der Waals surface area contributed by atoms with E-state index in [0.29, 0.717) is 12.1 Å². The van der Waals surface area contributed by atoms with Crippen LogP contribution in [0.4, 0.5) is 11.4 Å². The first-order chi connectivity index (χ1) is 12.1. The molecule has 2 aliphatic rings. The molecule has 0 aromatic heterocycles. The van der Waals surface area contributed by atoms with Crippen LogP contribution < -0.4 is 5.01 Å². The number of nitro groups is 1. The Morgan fingerprint density at radius 2 is 2.00 bits per heavy atom. The number of hydrogen-bond donors (Lipinski definition) is 0. The number of rotatable bonds is 2.